The number of thiol groups is 1. The second kappa shape index (κ2) is 6.59. The summed E-state index contributed by atoms with van der Waals surface area (Å²) < 4.78 is 3.74. The summed E-state index contributed by atoms with van der Waals surface area (Å²) in [4.78, 5) is 10.5. The summed E-state index contributed by atoms with van der Waals surface area (Å²) in [6, 6.07) is 0. The number of allylic oxidation sites excluding steroid dienone is 3. The molecule has 1 aliphatic carbocycles. The summed E-state index contributed by atoms with van der Waals surface area (Å²) in [6.07, 6.45) is 6.65. The number of nitrogens with one attached hydrogen (secondary N) is 1. The molecule has 2 heterocycles. The van der Waals surface area contributed by atoms with Gasteiger partial charge < -0.3 is 15.7 Å². The predicted octanol–water partition coefficient (Wildman–Crippen LogP) is 0.0692. The zero-order valence-electron chi connectivity index (χ0n) is 12.8. The predicted molar refractivity (Wildman–Crippen MR) is 97.3 cm³/mol. The zero-order chi connectivity index (χ0) is 17.3. The molecule has 1 aliphatic heterocycles. The molecule has 9 nitrogen and oxygen atoms in total. The number of nitrogens with two attached hydrogens (primary N) is 2. The number of hydrogen-bond donors (Lipinski definition) is 5. The molecule has 1 atom stereocenters. The molecule has 1 saturated heterocycles. The maximum atomic E-state index is 9.66. The van der Waals surface area contributed by atoms with Crippen molar-refractivity contribution in [2.75, 3.05) is 28.7 Å². The summed E-state index contributed by atoms with van der Waals surface area (Å²) in [5, 5.41) is 18.7. The first-order valence-electron chi connectivity index (χ1n) is 7.30. The molecular formula is C14H18N8OS. The van der Waals surface area contributed by atoms with Crippen molar-refractivity contribution in [1.29, 1.82) is 5.41 Å². The molecule has 6 N–H and O–H groups in total. The Hall–Kier alpha value is -2.43. The molecule has 0 saturated carbocycles. The number of rotatable bonds is 3. The van der Waals surface area contributed by atoms with Crippen LogP contribution in [0.2, 0.25) is 0 Å². The van der Waals surface area contributed by atoms with Gasteiger partial charge in [-0.3, -0.25) is 10.4 Å². The quantitative estimate of drug-likeness (QED) is 0.226. The smallest absolute Gasteiger partial charge is 0.227 e. The lowest BCUT2D eigenvalue weighted by atomic mass is 10.1. The van der Waals surface area contributed by atoms with Gasteiger partial charge in [0.2, 0.25) is 5.95 Å². The van der Waals surface area contributed by atoms with Crippen LogP contribution < -0.4 is 21.5 Å². The average Bonchev–Trinajstić information content (AvgIpc) is 3.01. The van der Waals surface area contributed by atoms with E-state index < -0.39 is 0 Å². The number of aromatic nitrogens is 2. The summed E-state index contributed by atoms with van der Waals surface area (Å²) in [6.45, 7) is 1.15. The lowest BCUT2D eigenvalue weighted by Crippen LogP contribution is -2.34. The van der Waals surface area contributed by atoms with Crippen LogP contribution in [0, 0.1) is 5.41 Å². The van der Waals surface area contributed by atoms with Crippen molar-refractivity contribution < 1.29 is 5.11 Å². The molecule has 3 rings (SSSR count). The van der Waals surface area contributed by atoms with E-state index in [1.165, 1.54) is 11.2 Å². The summed E-state index contributed by atoms with van der Waals surface area (Å²) in [5.41, 5.74) is 7.48. The standard InChI is InChI=1S/C14H18N8OS/c15-10-2-1-8(5-12(10)20-24)22(17)13-11(16)6-18-14(19-13)21-4-3-9(23)7-21/h1-2,5-6,9,15,23-24H,3-4,7,16-17H2/b15-10?,20-12-. The number of nitrogens with zero attached hydrogens (tertiary/aromatic N) is 5. The lowest BCUT2D eigenvalue weighted by Gasteiger charge is -2.24. The highest BCUT2D eigenvalue weighted by molar-refractivity contribution is 7.79. The minimum Gasteiger partial charge on any atom is -0.394 e. The van der Waals surface area contributed by atoms with Gasteiger partial charge in [-0.2, -0.15) is 4.98 Å². The molecule has 1 fully saturated rings. The topological polar surface area (TPSA) is 141 Å². The van der Waals surface area contributed by atoms with E-state index in [1.807, 2.05) is 4.90 Å². The molecule has 24 heavy (non-hydrogen) atoms. The van der Waals surface area contributed by atoms with Crippen molar-refractivity contribution in [3.8, 4) is 0 Å². The fourth-order valence-electron chi connectivity index (χ4n) is 2.52. The number of β-amino-alcohol motifs (C(OH)–C–C–N with tert-alkyl or cyclic N) is 1. The minimum absolute atomic E-state index is 0.240. The number of anilines is 3. The zero-order valence-corrected chi connectivity index (χ0v) is 13.7. The molecule has 10 heteroatoms. The lowest BCUT2D eigenvalue weighted by molar-refractivity contribution is 0.198. The van der Waals surface area contributed by atoms with Gasteiger partial charge in [0.05, 0.1) is 35.1 Å². The Labute approximate surface area is 144 Å². The van der Waals surface area contributed by atoms with Crippen molar-refractivity contribution in [1.82, 2.24) is 9.97 Å². The first-order valence-corrected chi connectivity index (χ1v) is 7.70. The third-order valence-electron chi connectivity index (χ3n) is 3.82. The highest BCUT2D eigenvalue weighted by atomic mass is 32.1. The third kappa shape index (κ3) is 3.11. The van der Waals surface area contributed by atoms with Gasteiger partial charge in [-0.1, -0.05) is 0 Å². The number of nitrogen functional groups attached to an aromatic ring is 1. The number of hydrazine groups is 1. The Morgan fingerprint density at radius 3 is 2.92 bits per heavy atom. The third-order valence-corrected chi connectivity index (χ3v) is 4.04. The van der Waals surface area contributed by atoms with Crippen molar-refractivity contribution in [3.63, 3.8) is 0 Å². The van der Waals surface area contributed by atoms with Gasteiger partial charge >= 0.3 is 0 Å². The Bertz CT molecular complexity index is 759. The monoisotopic (exact) mass is 346 g/mol. The molecule has 126 valence electrons. The van der Waals surface area contributed by atoms with Crippen LogP contribution in [0.4, 0.5) is 17.5 Å². The van der Waals surface area contributed by atoms with Crippen molar-refractivity contribution in [2.24, 2.45) is 10.2 Å². The minimum atomic E-state index is -0.382. The molecule has 1 aromatic heterocycles. The Morgan fingerprint density at radius 1 is 1.46 bits per heavy atom. The van der Waals surface area contributed by atoms with Crippen LogP contribution in [0.5, 0.6) is 0 Å². The van der Waals surface area contributed by atoms with E-state index in [4.69, 9.17) is 17.0 Å². The average molecular weight is 346 g/mol. The number of hydrogen-bond acceptors (Lipinski definition) is 10. The molecule has 0 amide bonds. The van der Waals surface area contributed by atoms with Crippen LogP contribution in [-0.2, 0) is 0 Å². The van der Waals surface area contributed by atoms with Gasteiger partial charge in [-0.15, -0.1) is 0 Å². The van der Waals surface area contributed by atoms with Gasteiger partial charge in [0, 0.05) is 13.1 Å². The van der Waals surface area contributed by atoms with E-state index in [1.54, 1.807) is 18.2 Å². The normalized spacial score (nSPS) is 22.2. The maximum Gasteiger partial charge on any atom is 0.227 e. The van der Waals surface area contributed by atoms with Crippen LogP contribution in [0.3, 0.4) is 0 Å². The molecule has 1 aromatic rings. The maximum absolute atomic E-state index is 9.66. The molecule has 2 aliphatic rings. The van der Waals surface area contributed by atoms with Crippen LogP contribution in [0.25, 0.3) is 0 Å². The van der Waals surface area contributed by atoms with Crippen LogP contribution in [0.1, 0.15) is 6.42 Å². The fourth-order valence-corrected chi connectivity index (χ4v) is 2.68. The fraction of sp³-hybridized carbons (Fsp3) is 0.286. The Kier molecular flexibility index (Phi) is 4.51. The highest BCUT2D eigenvalue weighted by Gasteiger charge is 2.24. The van der Waals surface area contributed by atoms with Crippen molar-refractivity contribution in [3.05, 3.63) is 30.1 Å². The van der Waals surface area contributed by atoms with E-state index in [9.17, 15) is 5.11 Å². The van der Waals surface area contributed by atoms with Crippen molar-refractivity contribution >= 4 is 41.7 Å². The van der Waals surface area contributed by atoms with E-state index in [2.05, 4.69) is 27.2 Å². The molecule has 0 aromatic carbocycles. The summed E-state index contributed by atoms with van der Waals surface area (Å²) >= 11 is 3.85. The van der Waals surface area contributed by atoms with Gasteiger partial charge in [-0.25, -0.2) is 15.2 Å². The van der Waals surface area contributed by atoms with Crippen LogP contribution in [0.15, 0.2) is 34.5 Å². The Balaban J connectivity index is 1.91. The first-order chi connectivity index (χ1) is 11.5. The van der Waals surface area contributed by atoms with Gasteiger partial charge in [0.1, 0.15) is 0 Å². The van der Waals surface area contributed by atoms with E-state index in [-0.39, 0.29) is 11.8 Å². The van der Waals surface area contributed by atoms with Crippen LogP contribution >= 0.6 is 12.8 Å². The van der Waals surface area contributed by atoms with E-state index in [0.717, 1.165) is 0 Å². The Morgan fingerprint density at radius 2 is 2.25 bits per heavy atom. The number of aliphatic hydroxyl groups excluding tert-OH is 1. The van der Waals surface area contributed by atoms with E-state index in [0.29, 0.717) is 48.4 Å². The highest BCUT2D eigenvalue weighted by Crippen LogP contribution is 2.26. The van der Waals surface area contributed by atoms with Gasteiger partial charge in [0.15, 0.2) is 5.82 Å². The summed E-state index contributed by atoms with van der Waals surface area (Å²) in [7, 11) is 0. The largest absolute Gasteiger partial charge is 0.394 e. The van der Waals surface area contributed by atoms with Gasteiger partial charge in [0.25, 0.3) is 0 Å². The second-order valence-electron chi connectivity index (χ2n) is 5.51. The van der Waals surface area contributed by atoms with E-state index >= 15 is 0 Å². The van der Waals surface area contributed by atoms with Crippen LogP contribution in [-0.4, -0.2) is 45.7 Å². The summed E-state index contributed by atoms with van der Waals surface area (Å²) in [5.74, 6) is 6.95. The second-order valence-corrected chi connectivity index (χ2v) is 5.71. The molecule has 0 radical (unpaired) electrons. The molecule has 1 unspecified atom stereocenters. The first kappa shape index (κ1) is 16.4. The molecule has 0 spiro atoms. The molecular weight excluding hydrogens is 328 g/mol. The molecule has 0 bridgehead atoms. The SMILES string of the molecule is N=C1C=CC(N(N)c2nc(N3CCC(O)C3)ncc2N)=C/C1=N/S. The van der Waals surface area contributed by atoms with Crippen molar-refractivity contribution in [2.45, 2.75) is 12.5 Å². The van der Waals surface area contributed by atoms with Gasteiger partial charge in [-0.05, 0) is 37.5 Å². The number of aliphatic hydroxyl groups is 1.